The van der Waals surface area contributed by atoms with Crippen LogP contribution in [0.5, 0.6) is 5.75 Å². The van der Waals surface area contributed by atoms with E-state index in [1.165, 1.54) is 43.3 Å². The van der Waals surface area contributed by atoms with E-state index in [4.69, 9.17) is 21.1 Å². The molecule has 0 aliphatic carbocycles. The lowest BCUT2D eigenvalue weighted by Crippen LogP contribution is -2.41. The van der Waals surface area contributed by atoms with Crippen LogP contribution in [-0.4, -0.2) is 23.3 Å². The third kappa shape index (κ3) is 6.65. The first-order valence-corrected chi connectivity index (χ1v) is 15.9. The summed E-state index contributed by atoms with van der Waals surface area (Å²) in [7, 11) is 0. The quantitative estimate of drug-likeness (QED) is 0.114. The molecule has 0 saturated carbocycles. The monoisotopic (exact) mass is 820 g/mol. The van der Waals surface area contributed by atoms with Crippen LogP contribution in [0.4, 0.5) is 17.6 Å². The molecule has 6 nitrogen and oxygen atoms in total. The van der Waals surface area contributed by atoms with Crippen LogP contribution >= 0.6 is 61.5 Å². The van der Waals surface area contributed by atoms with Crippen LogP contribution in [-0.2, 0) is 16.1 Å². The first kappa shape index (κ1) is 32.4. The fourth-order valence-electron chi connectivity index (χ4n) is 4.55. The number of carbonyl (C=O) groups is 1. The molecule has 1 aliphatic rings. The van der Waals surface area contributed by atoms with E-state index in [9.17, 15) is 27.2 Å². The predicted molar refractivity (Wildman–Crippen MR) is 170 cm³/mol. The molecule has 0 fully saturated rings. The molecule has 0 unspecified atom stereocenters. The van der Waals surface area contributed by atoms with Gasteiger partial charge in [0.05, 0.1) is 26.3 Å². The molecule has 1 aromatic heterocycles. The lowest BCUT2D eigenvalue weighted by atomic mass is 9.95. The van der Waals surface area contributed by atoms with Crippen molar-refractivity contribution in [1.29, 1.82) is 0 Å². The SMILES string of the molecule is CCOC(=O)C1=C(C(F)(F)F)N=c2s/c(=C\c3cc(Br)cc(I)c3OCc3ccccc3F)c(=O)n2[C@@H]1c1ccc(Cl)cc1. The Labute approximate surface area is 278 Å². The average molecular weight is 822 g/mol. The van der Waals surface area contributed by atoms with Crippen LogP contribution in [0.3, 0.4) is 0 Å². The van der Waals surface area contributed by atoms with E-state index in [0.29, 0.717) is 29.9 Å². The number of ether oxygens (including phenoxy) is 2. The zero-order valence-corrected chi connectivity index (χ0v) is 27.7. The Morgan fingerprint density at radius 1 is 1.18 bits per heavy atom. The topological polar surface area (TPSA) is 69.9 Å². The Hall–Kier alpha value is -3.01. The third-order valence-corrected chi connectivity index (χ3v) is 8.93. The highest BCUT2D eigenvalue weighted by Gasteiger charge is 2.45. The molecule has 0 saturated heterocycles. The van der Waals surface area contributed by atoms with Crippen molar-refractivity contribution in [2.75, 3.05) is 6.61 Å². The molecular formula is C30H19BrClF4IN2O4S. The number of allylic oxidation sites excluding steroid dienone is 1. The maximum absolute atomic E-state index is 14.4. The van der Waals surface area contributed by atoms with Gasteiger partial charge in [0.25, 0.3) is 5.56 Å². The van der Waals surface area contributed by atoms with E-state index in [0.717, 1.165) is 15.9 Å². The summed E-state index contributed by atoms with van der Waals surface area (Å²) in [6, 6.07) is 13.8. The van der Waals surface area contributed by atoms with Gasteiger partial charge in [-0.05, 0) is 71.5 Å². The van der Waals surface area contributed by atoms with Gasteiger partial charge in [0.15, 0.2) is 10.5 Å². The Balaban J connectivity index is 1.72. The number of hydrogen-bond donors (Lipinski definition) is 0. The molecule has 0 bridgehead atoms. The predicted octanol–water partition coefficient (Wildman–Crippen LogP) is 7.08. The van der Waals surface area contributed by atoms with E-state index < -0.39 is 40.8 Å². The number of nitrogens with zero attached hydrogens (tertiary/aromatic N) is 2. The lowest BCUT2D eigenvalue weighted by Gasteiger charge is -2.26. The van der Waals surface area contributed by atoms with Crippen molar-refractivity contribution in [3.63, 3.8) is 0 Å². The van der Waals surface area contributed by atoms with E-state index >= 15 is 0 Å². The molecule has 5 rings (SSSR count). The van der Waals surface area contributed by atoms with Gasteiger partial charge in [-0.25, -0.2) is 14.2 Å². The van der Waals surface area contributed by atoms with Crippen molar-refractivity contribution in [3.05, 3.63) is 127 Å². The highest BCUT2D eigenvalue weighted by atomic mass is 127. The molecule has 44 heavy (non-hydrogen) atoms. The lowest BCUT2D eigenvalue weighted by molar-refractivity contribution is -0.140. The number of aromatic nitrogens is 1. The molecular weight excluding hydrogens is 803 g/mol. The van der Waals surface area contributed by atoms with Gasteiger partial charge in [-0.2, -0.15) is 13.2 Å². The normalized spacial score (nSPS) is 15.2. The summed E-state index contributed by atoms with van der Waals surface area (Å²) in [6.45, 7) is 1.16. The maximum atomic E-state index is 14.4. The van der Waals surface area contributed by atoms with Crippen molar-refractivity contribution in [2.45, 2.75) is 25.7 Å². The van der Waals surface area contributed by atoms with E-state index in [1.807, 2.05) is 22.6 Å². The Morgan fingerprint density at radius 2 is 1.89 bits per heavy atom. The second-order valence-electron chi connectivity index (χ2n) is 9.30. The van der Waals surface area contributed by atoms with E-state index in [-0.39, 0.29) is 28.1 Å². The Bertz CT molecular complexity index is 1980. The van der Waals surface area contributed by atoms with Crippen molar-refractivity contribution in [2.24, 2.45) is 4.99 Å². The molecule has 1 atom stereocenters. The fraction of sp³-hybridized carbons (Fsp3) is 0.167. The Kier molecular flexibility index (Phi) is 9.68. The van der Waals surface area contributed by atoms with Gasteiger partial charge in [0, 0.05) is 20.6 Å². The number of alkyl halides is 3. The second kappa shape index (κ2) is 13.2. The first-order chi connectivity index (χ1) is 20.9. The van der Waals surface area contributed by atoms with E-state index in [2.05, 4.69) is 20.9 Å². The van der Waals surface area contributed by atoms with Crippen molar-refractivity contribution in [3.8, 4) is 5.75 Å². The number of benzene rings is 3. The summed E-state index contributed by atoms with van der Waals surface area (Å²) < 4.78 is 70.7. The minimum atomic E-state index is -5.03. The summed E-state index contributed by atoms with van der Waals surface area (Å²) in [5, 5.41) is 0.311. The van der Waals surface area contributed by atoms with Gasteiger partial charge < -0.3 is 9.47 Å². The number of hydrogen-bond acceptors (Lipinski definition) is 6. The summed E-state index contributed by atoms with van der Waals surface area (Å²) in [4.78, 5) is 30.5. The first-order valence-electron chi connectivity index (χ1n) is 12.8. The smallest absolute Gasteiger partial charge is 0.434 e. The maximum Gasteiger partial charge on any atom is 0.434 e. The highest BCUT2D eigenvalue weighted by Crippen LogP contribution is 2.38. The summed E-state index contributed by atoms with van der Waals surface area (Å²) in [6.07, 6.45) is -3.57. The number of carbonyl (C=O) groups excluding carboxylic acids is 1. The van der Waals surface area contributed by atoms with Gasteiger partial charge in [-0.15, -0.1) is 0 Å². The van der Waals surface area contributed by atoms with Gasteiger partial charge >= 0.3 is 12.1 Å². The number of thiazole rings is 1. The van der Waals surface area contributed by atoms with Gasteiger partial charge in [0.1, 0.15) is 18.2 Å². The molecule has 4 aromatic rings. The molecule has 0 amide bonds. The Morgan fingerprint density at radius 3 is 2.55 bits per heavy atom. The van der Waals surface area contributed by atoms with Crippen molar-refractivity contribution >= 4 is 73.5 Å². The largest absolute Gasteiger partial charge is 0.487 e. The van der Waals surface area contributed by atoms with Gasteiger partial charge in [-0.3, -0.25) is 9.36 Å². The second-order valence-corrected chi connectivity index (χ2v) is 12.8. The minimum Gasteiger partial charge on any atom is -0.487 e. The molecule has 228 valence electrons. The van der Waals surface area contributed by atoms with Crippen LogP contribution in [0, 0.1) is 9.39 Å². The van der Waals surface area contributed by atoms with E-state index in [1.54, 1.807) is 30.3 Å². The molecule has 0 spiro atoms. The average Bonchev–Trinajstić information content (AvgIpc) is 3.27. The number of esters is 1. The van der Waals surface area contributed by atoms with Crippen LogP contribution < -0.4 is 19.6 Å². The molecule has 2 heterocycles. The van der Waals surface area contributed by atoms with Crippen molar-refractivity contribution < 1.29 is 31.8 Å². The van der Waals surface area contributed by atoms with Crippen LogP contribution in [0.2, 0.25) is 5.02 Å². The molecule has 0 N–H and O–H groups in total. The molecule has 0 radical (unpaired) electrons. The standard InChI is InChI=1S/C30H19BrClF4IN2O4S/c1-2-42-28(41)23-24(15-7-9-19(32)10-8-15)39-27(40)22(44-29(39)38-26(23)30(34,35)36)12-17-11-18(31)13-21(37)25(17)43-14-16-5-3-4-6-20(16)33/h3-13,24H,2,14H2,1H3/b22-12-/t24-/m1/s1. The fourth-order valence-corrected chi connectivity index (χ4v) is 7.37. The zero-order valence-electron chi connectivity index (χ0n) is 22.4. The number of fused-ring (bicyclic) bond motifs is 1. The summed E-state index contributed by atoms with van der Waals surface area (Å²) >= 11 is 12.2. The molecule has 1 aliphatic heterocycles. The van der Waals surface area contributed by atoms with Gasteiger partial charge in [-0.1, -0.05) is 69.2 Å². The third-order valence-electron chi connectivity index (χ3n) is 6.43. The molecule has 14 heteroatoms. The number of rotatable bonds is 7. The van der Waals surface area contributed by atoms with Crippen LogP contribution in [0.25, 0.3) is 6.08 Å². The zero-order chi connectivity index (χ0) is 31.8. The van der Waals surface area contributed by atoms with Gasteiger partial charge in [0.2, 0.25) is 0 Å². The minimum absolute atomic E-state index is 0.0268. The van der Waals surface area contributed by atoms with Crippen LogP contribution in [0.1, 0.15) is 29.7 Å². The highest BCUT2D eigenvalue weighted by molar-refractivity contribution is 14.1. The number of halogens is 7. The summed E-state index contributed by atoms with van der Waals surface area (Å²) in [5.74, 6) is -1.36. The summed E-state index contributed by atoms with van der Waals surface area (Å²) in [5.41, 5.74) is -2.03. The molecule has 3 aromatic carbocycles. The van der Waals surface area contributed by atoms with Crippen LogP contribution in [0.15, 0.2) is 86.2 Å². The van der Waals surface area contributed by atoms with Crippen molar-refractivity contribution in [1.82, 2.24) is 4.57 Å².